The van der Waals surface area contributed by atoms with Crippen LogP contribution in [0, 0.1) is 0 Å². The van der Waals surface area contributed by atoms with E-state index in [-0.39, 0.29) is 10.0 Å². The number of hydrogen-bond acceptors (Lipinski definition) is 4. The Labute approximate surface area is 141 Å². The number of nitrogens with zero attached hydrogens (tertiary/aromatic N) is 1. The summed E-state index contributed by atoms with van der Waals surface area (Å²) in [6.45, 7) is 0. The zero-order chi connectivity index (χ0) is 17.4. The topological polar surface area (TPSA) is 59.1 Å². The van der Waals surface area contributed by atoms with Gasteiger partial charge >= 0.3 is 6.18 Å². The first kappa shape index (κ1) is 17.2. The van der Waals surface area contributed by atoms with Crippen LogP contribution in [-0.4, -0.2) is 13.4 Å². The zero-order valence-corrected chi connectivity index (χ0v) is 14.2. The van der Waals surface area contributed by atoms with Crippen LogP contribution in [0.4, 0.5) is 18.3 Å². The minimum absolute atomic E-state index is 0.221. The van der Waals surface area contributed by atoms with Crippen molar-refractivity contribution in [2.24, 2.45) is 0 Å². The Balaban J connectivity index is 1.81. The van der Waals surface area contributed by atoms with E-state index in [4.69, 9.17) is 0 Å². The number of benzene rings is 1. The highest BCUT2D eigenvalue weighted by Gasteiger charge is 2.30. The maximum absolute atomic E-state index is 12.6. The van der Waals surface area contributed by atoms with Crippen molar-refractivity contribution in [2.75, 3.05) is 4.72 Å². The summed E-state index contributed by atoms with van der Waals surface area (Å²) in [5, 5.41) is 0.266. The number of nitrogens with one attached hydrogen (secondary N) is 1. The SMILES string of the molecule is O=S(=O)(Nc1nc2c(s1)CCCCC2)c1ccc(C(F)(F)F)cc1. The standard InChI is InChI=1S/C15H15F3N2O2S2/c16-15(17,18)10-6-8-11(9-7-10)24(21,22)20-14-19-12-4-2-1-3-5-13(12)23-14/h6-9H,1-5H2,(H,19,20). The third-order valence-electron chi connectivity index (χ3n) is 3.81. The van der Waals surface area contributed by atoms with Gasteiger partial charge in [-0.05, 0) is 49.9 Å². The fourth-order valence-corrected chi connectivity index (χ4v) is 4.85. The van der Waals surface area contributed by atoms with E-state index in [0.29, 0.717) is 0 Å². The van der Waals surface area contributed by atoms with Crippen LogP contribution < -0.4 is 4.72 Å². The summed E-state index contributed by atoms with van der Waals surface area (Å²) >= 11 is 1.30. The van der Waals surface area contributed by atoms with Crippen LogP contribution in [0.5, 0.6) is 0 Å². The molecule has 0 radical (unpaired) electrons. The molecular formula is C15H15F3N2O2S2. The minimum atomic E-state index is -4.50. The van der Waals surface area contributed by atoms with Gasteiger partial charge in [0.25, 0.3) is 10.0 Å². The Kier molecular flexibility index (Phi) is 4.56. The van der Waals surface area contributed by atoms with E-state index >= 15 is 0 Å². The lowest BCUT2D eigenvalue weighted by Gasteiger charge is -2.08. The molecule has 0 saturated carbocycles. The maximum atomic E-state index is 12.6. The maximum Gasteiger partial charge on any atom is 0.416 e. The molecule has 1 heterocycles. The first-order valence-corrected chi connectivity index (χ1v) is 9.74. The van der Waals surface area contributed by atoms with Crippen molar-refractivity contribution in [2.45, 2.75) is 43.2 Å². The number of fused-ring (bicyclic) bond motifs is 1. The van der Waals surface area contributed by atoms with Gasteiger partial charge in [0.1, 0.15) is 0 Å². The van der Waals surface area contributed by atoms with Gasteiger partial charge in [-0.15, -0.1) is 11.3 Å². The highest BCUT2D eigenvalue weighted by Crippen LogP contribution is 2.32. The molecule has 1 aliphatic carbocycles. The smallest absolute Gasteiger partial charge is 0.255 e. The molecule has 0 fully saturated rings. The van der Waals surface area contributed by atoms with Gasteiger partial charge in [-0.1, -0.05) is 6.42 Å². The molecule has 4 nitrogen and oxygen atoms in total. The van der Waals surface area contributed by atoms with E-state index in [0.717, 1.165) is 66.9 Å². The number of thiazole rings is 1. The molecule has 2 aromatic rings. The number of aryl methyl sites for hydroxylation is 2. The van der Waals surface area contributed by atoms with Gasteiger partial charge in [0.2, 0.25) is 0 Å². The molecule has 3 rings (SSSR count). The largest absolute Gasteiger partial charge is 0.416 e. The van der Waals surface area contributed by atoms with E-state index in [1.807, 2.05) is 0 Å². The average Bonchev–Trinajstić information content (AvgIpc) is 2.74. The number of hydrogen-bond donors (Lipinski definition) is 1. The van der Waals surface area contributed by atoms with Crippen molar-refractivity contribution in [3.05, 3.63) is 40.4 Å². The molecule has 1 N–H and O–H groups in total. The molecule has 0 amide bonds. The molecule has 1 aromatic carbocycles. The number of rotatable bonds is 3. The first-order valence-electron chi connectivity index (χ1n) is 7.44. The summed E-state index contributed by atoms with van der Waals surface area (Å²) in [4.78, 5) is 5.19. The van der Waals surface area contributed by atoms with E-state index in [2.05, 4.69) is 9.71 Å². The molecule has 0 atom stereocenters. The van der Waals surface area contributed by atoms with Crippen LogP contribution in [0.25, 0.3) is 0 Å². The number of sulfonamides is 1. The lowest BCUT2D eigenvalue weighted by atomic mass is 10.2. The Hall–Kier alpha value is -1.61. The molecule has 9 heteroatoms. The predicted octanol–water partition coefficient (Wildman–Crippen LogP) is 4.23. The fraction of sp³-hybridized carbons (Fsp3) is 0.400. The number of halogens is 3. The molecule has 1 aliphatic rings. The van der Waals surface area contributed by atoms with Gasteiger partial charge < -0.3 is 0 Å². The molecule has 0 saturated heterocycles. The van der Waals surface area contributed by atoms with Crippen molar-refractivity contribution in [3.8, 4) is 0 Å². The van der Waals surface area contributed by atoms with Gasteiger partial charge in [0.15, 0.2) is 5.13 Å². The van der Waals surface area contributed by atoms with Crippen LogP contribution >= 0.6 is 11.3 Å². The van der Waals surface area contributed by atoms with Crippen LogP contribution in [0.2, 0.25) is 0 Å². The van der Waals surface area contributed by atoms with E-state index in [9.17, 15) is 21.6 Å². The molecule has 1 aromatic heterocycles. The fourth-order valence-electron chi connectivity index (χ4n) is 2.57. The van der Waals surface area contributed by atoms with Gasteiger partial charge in [-0.2, -0.15) is 13.2 Å². The zero-order valence-electron chi connectivity index (χ0n) is 12.6. The molecule has 130 valence electrons. The minimum Gasteiger partial charge on any atom is -0.255 e. The second kappa shape index (κ2) is 6.36. The van der Waals surface area contributed by atoms with Crippen LogP contribution in [0.15, 0.2) is 29.2 Å². The Bertz CT molecular complexity index is 804. The highest BCUT2D eigenvalue weighted by atomic mass is 32.2. The Morgan fingerprint density at radius 1 is 1.04 bits per heavy atom. The molecule has 0 aliphatic heterocycles. The summed E-state index contributed by atoms with van der Waals surface area (Å²) in [6, 6.07) is 3.41. The van der Waals surface area contributed by atoms with Gasteiger partial charge in [-0.25, -0.2) is 13.4 Å². The van der Waals surface area contributed by atoms with Crippen LogP contribution in [0.3, 0.4) is 0 Å². The number of alkyl halides is 3. The van der Waals surface area contributed by atoms with Gasteiger partial charge in [0, 0.05) is 4.88 Å². The normalized spacial score (nSPS) is 15.6. The molecule has 0 bridgehead atoms. The first-order chi connectivity index (χ1) is 11.3. The van der Waals surface area contributed by atoms with Crippen LogP contribution in [0.1, 0.15) is 35.4 Å². The van der Waals surface area contributed by atoms with E-state index < -0.39 is 21.8 Å². The summed E-state index contributed by atoms with van der Waals surface area (Å²) in [5.74, 6) is 0. The summed E-state index contributed by atoms with van der Waals surface area (Å²) < 4.78 is 64.7. The van der Waals surface area contributed by atoms with Crippen molar-refractivity contribution in [1.82, 2.24) is 4.98 Å². The molecular weight excluding hydrogens is 361 g/mol. The van der Waals surface area contributed by atoms with Crippen molar-refractivity contribution < 1.29 is 21.6 Å². The summed E-state index contributed by atoms with van der Waals surface area (Å²) in [7, 11) is -3.95. The second-order valence-corrected chi connectivity index (χ2v) is 8.34. The van der Waals surface area contributed by atoms with Gasteiger partial charge in [0.05, 0.1) is 16.2 Å². The van der Waals surface area contributed by atoms with E-state index in [1.165, 1.54) is 11.3 Å². The lowest BCUT2D eigenvalue weighted by Crippen LogP contribution is -2.13. The highest BCUT2D eigenvalue weighted by molar-refractivity contribution is 7.93. The third-order valence-corrected chi connectivity index (χ3v) is 6.37. The Morgan fingerprint density at radius 3 is 2.38 bits per heavy atom. The van der Waals surface area contributed by atoms with E-state index in [1.54, 1.807) is 0 Å². The van der Waals surface area contributed by atoms with Gasteiger partial charge in [-0.3, -0.25) is 4.72 Å². The summed E-state index contributed by atoms with van der Waals surface area (Å²) in [6.07, 6.45) is 0.434. The predicted molar refractivity (Wildman–Crippen MR) is 85.6 cm³/mol. The van der Waals surface area contributed by atoms with Crippen molar-refractivity contribution >= 4 is 26.5 Å². The third kappa shape index (κ3) is 3.72. The molecule has 0 unspecified atom stereocenters. The Morgan fingerprint density at radius 2 is 1.71 bits per heavy atom. The second-order valence-electron chi connectivity index (χ2n) is 5.58. The molecule has 0 spiro atoms. The summed E-state index contributed by atoms with van der Waals surface area (Å²) in [5.41, 5.74) is 0.0324. The van der Waals surface area contributed by atoms with Crippen LogP contribution in [-0.2, 0) is 29.0 Å². The number of aromatic nitrogens is 1. The monoisotopic (exact) mass is 376 g/mol. The molecule has 24 heavy (non-hydrogen) atoms. The van der Waals surface area contributed by atoms with Crippen molar-refractivity contribution in [1.29, 1.82) is 0 Å². The lowest BCUT2D eigenvalue weighted by molar-refractivity contribution is -0.137. The quantitative estimate of drug-likeness (QED) is 0.816. The number of anilines is 1. The van der Waals surface area contributed by atoms with Crippen molar-refractivity contribution in [3.63, 3.8) is 0 Å². The average molecular weight is 376 g/mol.